The van der Waals surface area contributed by atoms with Crippen LogP contribution in [-0.4, -0.2) is 11.4 Å². The number of hydrogen-bond acceptors (Lipinski definition) is 3. The van der Waals surface area contributed by atoms with Crippen molar-refractivity contribution < 1.29 is 8.78 Å². The van der Waals surface area contributed by atoms with Crippen molar-refractivity contribution in [1.29, 1.82) is 0 Å². The highest BCUT2D eigenvalue weighted by Crippen LogP contribution is 2.39. The zero-order valence-corrected chi connectivity index (χ0v) is 14.9. The van der Waals surface area contributed by atoms with Crippen molar-refractivity contribution in [3.05, 3.63) is 71.3 Å². The lowest BCUT2D eigenvalue weighted by Crippen LogP contribution is -2.23. The summed E-state index contributed by atoms with van der Waals surface area (Å²) in [6, 6.07) is 12.2. The second kappa shape index (κ2) is 7.41. The quantitative estimate of drug-likeness (QED) is 0.697. The third-order valence-corrected chi connectivity index (χ3v) is 4.12. The Hall–Kier alpha value is -1.15. The molecule has 0 fully saturated rings. The van der Waals surface area contributed by atoms with E-state index in [0.717, 1.165) is 0 Å². The summed E-state index contributed by atoms with van der Waals surface area (Å²) in [5.41, 5.74) is 0.973. The second-order valence-corrected chi connectivity index (χ2v) is 5.54. The van der Waals surface area contributed by atoms with Gasteiger partial charge in [-0.3, -0.25) is 4.99 Å². The van der Waals surface area contributed by atoms with E-state index in [9.17, 15) is 8.78 Å². The van der Waals surface area contributed by atoms with E-state index < -0.39 is 12.1 Å². The Morgan fingerprint density at radius 1 is 0.955 bits per heavy atom. The van der Waals surface area contributed by atoms with Crippen LogP contribution < -0.4 is 5.32 Å². The van der Waals surface area contributed by atoms with Crippen LogP contribution in [0, 0.1) is 11.6 Å². The Morgan fingerprint density at radius 2 is 1.50 bits per heavy atom. The maximum absolute atomic E-state index is 14.1. The number of aliphatic imine (C=N–C) groups is 1. The van der Waals surface area contributed by atoms with Crippen LogP contribution in [0.4, 0.5) is 8.78 Å². The summed E-state index contributed by atoms with van der Waals surface area (Å²) < 4.78 is 28.1. The summed E-state index contributed by atoms with van der Waals surface area (Å²) in [5, 5.41) is 3.87. The van der Waals surface area contributed by atoms with E-state index in [-0.39, 0.29) is 35.6 Å². The van der Waals surface area contributed by atoms with Crippen molar-refractivity contribution >= 4 is 40.9 Å². The zero-order valence-electron chi connectivity index (χ0n) is 11.8. The van der Waals surface area contributed by atoms with Crippen LogP contribution in [0.25, 0.3) is 0 Å². The first-order valence-electron chi connectivity index (χ1n) is 6.58. The number of hydrogen-bond donors (Lipinski definition) is 1. The molecule has 1 N–H and O–H groups in total. The first kappa shape index (κ1) is 17.2. The molecule has 0 aromatic heterocycles. The van der Waals surface area contributed by atoms with Gasteiger partial charge in [0.2, 0.25) is 0 Å². The number of amidine groups is 1. The van der Waals surface area contributed by atoms with Crippen LogP contribution in [0.1, 0.15) is 23.2 Å². The number of thioether (sulfide) groups is 1. The molecule has 0 spiro atoms. The van der Waals surface area contributed by atoms with E-state index in [1.807, 2.05) is 6.26 Å². The average Bonchev–Trinajstić information content (AvgIpc) is 2.92. The summed E-state index contributed by atoms with van der Waals surface area (Å²) in [7, 11) is 0. The standard InChI is InChI=1S/C16H14F2N2S.HI/c1-21-16-19-14(10-6-2-4-8-12(10)17)15(20-16)11-7-3-5-9-13(11)18;/h2-9,14-15H,1H3,(H,19,20);1H/t14-,15+;. The van der Waals surface area contributed by atoms with Gasteiger partial charge < -0.3 is 5.32 Å². The summed E-state index contributed by atoms with van der Waals surface area (Å²) in [4.78, 5) is 4.50. The molecule has 0 bridgehead atoms. The van der Waals surface area contributed by atoms with Crippen molar-refractivity contribution in [3.63, 3.8) is 0 Å². The minimum atomic E-state index is -0.467. The number of benzene rings is 2. The molecule has 0 saturated heterocycles. The number of nitrogens with zero attached hydrogens (tertiary/aromatic N) is 1. The van der Waals surface area contributed by atoms with Crippen molar-refractivity contribution in [3.8, 4) is 0 Å². The van der Waals surface area contributed by atoms with E-state index in [1.165, 1.54) is 23.9 Å². The molecule has 22 heavy (non-hydrogen) atoms. The molecule has 1 aliphatic rings. The van der Waals surface area contributed by atoms with Gasteiger partial charge in [0.15, 0.2) is 5.17 Å². The molecule has 116 valence electrons. The molecule has 2 nitrogen and oxygen atoms in total. The maximum atomic E-state index is 14.1. The Kier molecular flexibility index (Phi) is 5.80. The molecule has 0 saturated carbocycles. The van der Waals surface area contributed by atoms with Gasteiger partial charge in [-0.1, -0.05) is 48.2 Å². The molecule has 0 radical (unpaired) electrons. The normalized spacial score (nSPS) is 20.0. The van der Waals surface area contributed by atoms with Crippen LogP contribution in [0.2, 0.25) is 0 Å². The lowest BCUT2D eigenvalue weighted by molar-refractivity contribution is 0.502. The second-order valence-electron chi connectivity index (χ2n) is 4.75. The van der Waals surface area contributed by atoms with Gasteiger partial charge in [0.1, 0.15) is 17.7 Å². The van der Waals surface area contributed by atoms with Gasteiger partial charge in [0, 0.05) is 11.1 Å². The van der Waals surface area contributed by atoms with E-state index in [1.54, 1.807) is 36.4 Å². The average molecular weight is 432 g/mol. The SMILES string of the molecule is CSC1=N[C@@H](c2ccccc2F)[C@@H](c2ccccc2F)N1.I. The molecule has 0 amide bonds. The van der Waals surface area contributed by atoms with Gasteiger partial charge >= 0.3 is 0 Å². The van der Waals surface area contributed by atoms with Crippen LogP contribution >= 0.6 is 35.7 Å². The van der Waals surface area contributed by atoms with Crippen LogP contribution in [-0.2, 0) is 0 Å². The Balaban J connectivity index is 0.00000176. The zero-order chi connectivity index (χ0) is 14.8. The van der Waals surface area contributed by atoms with E-state index in [4.69, 9.17) is 0 Å². The van der Waals surface area contributed by atoms with Gasteiger partial charge in [-0.25, -0.2) is 8.78 Å². The van der Waals surface area contributed by atoms with Crippen molar-refractivity contribution in [2.45, 2.75) is 12.1 Å². The van der Waals surface area contributed by atoms with Gasteiger partial charge in [-0.05, 0) is 18.4 Å². The molecular weight excluding hydrogens is 417 g/mol. The Morgan fingerprint density at radius 3 is 2.05 bits per heavy atom. The van der Waals surface area contributed by atoms with Crippen molar-refractivity contribution in [1.82, 2.24) is 5.32 Å². The highest BCUT2D eigenvalue weighted by atomic mass is 127. The van der Waals surface area contributed by atoms with Crippen LogP contribution in [0.15, 0.2) is 53.5 Å². The molecule has 0 aliphatic carbocycles. The molecule has 6 heteroatoms. The Labute approximate surface area is 149 Å². The predicted molar refractivity (Wildman–Crippen MR) is 97.8 cm³/mol. The first-order chi connectivity index (χ1) is 10.2. The van der Waals surface area contributed by atoms with E-state index >= 15 is 0 Å². The highest BCUT2D eigenvalue weighted by Gasteiger charge is 2.34. The molecule has 2 aromatic carbocycles. The summed E-state index contributed by atoms with van der Waals surface area (Å²) in [6.07, 6.45) is 1.88. The number of nitrogens with one attached hydrogen (secondary N) is 1. The van der Waals surface area contributed by atoms with Crippen molar-refractivity contribution in [2.75, 3.05) is 6.26 Å². The summed E-state index contributed by atoms with van der Waals surface area (Å²) in [6.45, 7) is 0. The fraction of sp³-hybridized carbons (Fsp3) is 0.188. The largest absolute Gasteiger partial charge is 0.355 e. The lowest BCUT2D eigenvalue weighted by Gasteiger charge is -2.20. The molecule has 3 rings (SSSR count). The molecule has 1 heterocycles. The first-order valence-corrected chi connectivity index (χ1v) is 7.80. The summed E-state index contributed by atoms with van der Waals surface area (Å²) >= 11 is 1.43. The molecule has 1 aliphatic heterocycles. The van der Waals surface area contributed by atoms with Gasteiger partial charge in [-0.15, -0.1) is 24.0 Å². The predicted octanol–water partition coefficient (Wildman–Crippen LogP) is 4.69. The van der Waals surface area contributed by atoms with Crippen LogP contribution in [0.3, 0.4) is 0 Å². The Bertz CT molecular complexity index is 693. The third-order valence-electron chi connectivity index (χ3n) is 3.51. The van der Waals surface area contributed by atoms with Gasteiger partial charge in [0.05, 0.1) is 6.04 Å². The molecule has 2 atom stereocenters. The lowest BCUT2D eigenvalue weighted by atomic mass is 9.94. The van der Waals surface area contributed by atoms with Crippen molar-refractivity contribution in [2.24, 2.45) is 4.99 Å². The van der Waals surface area contributed by atoms with E-state index in [2.05, 4.69) is 10.3 Å². The molecular formula is C16H15F2IN2S. The fourth-order valence-electron chi connectivity index (χ4n) is 2.50. The topological polar surface area (TPSA) is 24.4 Å². The number of rotatable bonds is 2. The fourth-order valence-corrected chi connectivity index (χ4v) is 2.96. The highest BCUT2D eigenvalue weighted by molar-refractivity contribution is 14.0. The molecule has 0 unspecified atom stereocenters. The third kappa shape index (κ3) is 3.27. The van der Waals surface area contributed by atoms with Gasteiger partial charge in [0.25, 0.3) is 0 Å². The van der Waals surface area contributed by atoms with Gasteiger partial charge in [-0.2, -0.15) is 0 Å². The smallest absolute Gasteiger partial charge is 0.157 e. The summed E-state index contributed by atoms with van der Waals surface area (Å²) in [5.74, 6) is -0.634. The maximum Gasteiger partial charge on any atom is 0.157 e. The van der Waals surface area contributed by atoms with Crippen LogP contribution in [0.5, 0.6) is 0 Å². The van der Waals surface area contributed by atoms with E-state index in [0.29, 0.717) is 16.3 Å². The minimum Gasteiger partial charge on any atom is -0.355 e. The minimum absolute atomic E-state index is 0. The number of halogens is 3. The monoisotopic (exact) mass is 432 g/mol. The molecule has 2 aromatic rings.